The molecule has 5 unspecified atom stereocenters. The number of aliphatic hydroxyl groups is 2. The standard InChI is InChI=1S/C28H35NO2/c1-18-15-24-16-22-17-25(30)10-7-21(22)12-13-28(24,31)26-11-9-23(27(18,26)3)8-6-20-5-4-14-29-19(20)2/h4-6,8-9,14-16,18,21,25-26,30-31H,7,10-13,17H2,1-3H3/b8-6+/t18?,21?,25?,26?,27?,28-/m1/s1. The summed E-state index contributed by atoms with van der Waals surface area (Å²) in [5.41, 5.74) is 5.12. The lowest BCUT2D eigenvalue weighted by Gasteiger charge is -2.51. The summed E-state index contributed by atoms with van der Waals surface area (Å²) in [7, 11) is 0. The molecule has 0 bridgehead atoms. The summed E-state index contributed by atoms with van der Waals surface area (Å²) in [6.07, 6.45) is 18.5. The van der Waals surface area contributed by atoms with Gasteiger partial charge in [-0.3, -0.25) is 4.98 Å². The summed E-state index contributed by atoms with van der Waals surface area (Å²) in [6.45, 7) is 6.70. The lowest BCUT2D eigenvalue weighted by molar-refractivity contribution is -0.0506. The van der Waals surface area contributed by atoms with Crippen LogP contribution >= 0.6 is 0 Å². The maximum absolute atomic E-state index is 12.1. The number of hydrogen-bond donors (Lipinski definition) is 2. The van der Waals surface area contributed by atoms with Crippen molar-refractivity contribution >= 4 is 6.08 Å². The van der Waals surface area contributed by atoms with Gasteiger partial charge in [-0.2, -0.15) is 0 Å². The van der Waals surface area contributed by atoms with Crippen molar-refractivity contribution in [1.29, 1.82) is 0 Å². The number of aryl methyl sites for hydroxylation is 1. The van der Waals surface area contributed by atoms with Gasteiger partial charge in [0, 0.05) is 23.2 Å². The molecule has 3 heteroatoms. The van der Waals surface area contributed by atoms with Gasteiger partial charge in [0.1, 0.15) is 0 Å². The molecule has 1 aromatic rings. The van der Waals surface area contributed by atoms with Crippen molar-refractivity contribution in [2.75, 3.05) is 0 Å². The zero-order valence-corrected chi connectivity index (χ0v) is 19.0. The molecule has 1 heterocycles. The molecule has 0 amide bonds. The van der Waals surface area contributed by atoms with Crippen molar-refractivity contribution in [3.8, 4) is 0 Å². The number of allylic oxidation sites excluding steroid dienone is 4. The van der Waals surface area contributed by atoms with Crippen LogP contribution in [0.1, 0.15) is 63.6 Å². The van der Waals surface area contributed by atoms with Crippen molar-refractivity contribution in [2.45, 2.75) is 71.0 Å². The van der Waals surface area contributed by atoms with E-state index in [2.05, 4.69) is 55.3 Å². The average Bonchev–Trinajstić information content (AvgIpc) is 3.02. The van der Waals surface area contributed by atoms with E-state index in [1.54, 1.807) is 0 Å². The number of hydrogen-bond acceptors (Lipinski definition) is 3. The minimum atomic E-state index is -0.785. The molecule has 164 valence electrons. The zero-order valence-electron chi connectivity index (χ0n) is 19.0. The Bertz CT molecular complexity index is 1000. The molecule has 2 N–H and O–H groups in total. The second-order valence-electron chi connectivity index (χ2n) is 10.5. The maximum atomic E-state index is 12.1. The van der Waals surface area contributed by atoms with Crippen LogP contribution in [0.5, 0.6) is 0 Å². The van der Waals surface area contributed by atoms with Crippen LogP contribution in [0.15, 0.2) is 59.4 Å². The summed E-state index contributed by atoms with van der Waals surface area (Å²) in [5, 5.41) is 22.3. The van der Waals surface area contributed by atoms with Gasteiger partial charge in [0.15, 0.2) is 0 Å². The van der Waals surface area contributed by atoms with Gasteiger partial charge in [-0.15, -0.1) is 0 Å². The number of aromatic nitrogens is 1. The van der Waals surface area contributed by atoms with Gasteiger partial charge in [0.25, 0.3) is 0 Å². The second-order valence-corrected chi connectivity index (χ2v) is 10.5. The average molecular weight is 418 g/mol. The lowest BCUT2D eigenvalue weighted by Crippen LogP contribution is -2.51. The van der Waals surface area contributed by atoms with E-state index in [0.717, 1.165) is 55.4 Å². The van der Waals surface area contributed by atoms with E-state index >= 15 is 0 Å². The SMILES string of the molecule is Cc1ncccc1/C=C/C1=CCC2C1(C)C(C)C=C1C=C3CC(O)CCC3CC[C@@]12O. The Morgan fingerprint density at radius 2 is 2.03 bits per heavy atom. The molecule has 0 aliphatic heterocycles. The summed E-state index contributed by atoms with van der Waals surface area (Å²) in [4.78, 5) is 4.41. The Morgan fingerprint density at radius 1 is 1.19 bits per heavy atom. The van der Waals surface area contributed by atoms with E-state index in [-0.39, 0.29) is 17.4 Å². The predicted octanol–water partition coefficient (Wildman–Crippen LogP) is 5.54. The van der Waals surface area contributed by atoms with Crippen molar-refractivity contribution in [1.82, 2.24) is 4.98 Å². The predicted molar refractivity (Wildman–Crippen MR) is 125 cm³/mol. The van der Waals surface area contributed by atoms with E-state index in [0.29, 0.717) is 11.8 Å². The van der Waals surface area contributed by atoms with Crippen LogP contribution in [-0.2, 0) is 0 Å². The smallest absolute Gasteiger partial charge is 0.0933 e. The molecule has 1 fully saturated rings. The molecule has 6 atom stereocenters. The summed E-state index contributed by atoms with van der Waals surface area (Å²) < 4.78 is 0. The molecule has 0 radical (unpaired) electrons. The third-order valence-electron chi connectivity index (χ3n) is 8.92. The number of aliphatic hydroxyl groups excluding tert-OH is 1. The Balaban J connectivity index is 1.49. The molecular formula is C28H35NO2. The second kappa shape index (κ2) is 7.56. The van der Waals surface area contributed by atoms with Gasteiger partial charge in [0.2, 0.25) is 0 Å². The fraction of sp³-hybridized carbons (Fsp3) is 0.536. The van der Waals surface area contributed by atoms with Crippen LogP contribution in [0.25, 0.3) is 6.08 Å². The van der Waals surface area contributed by atoms with Gasteiger partial charge in [-0.1, -0.05) is 55.9 Å². The molecule has 4 aliphatic rings. The van der Waals surface area contributed by atoms with Crippen LogP contribution in [0.4, 0.5) is 0 Å². The first kappa shape index (κ1) is 20.9. The minimum absolute atomic E-state index is 0.0849. The quantitative estimate of drug-likeness (QED) is 0.664. The first-order valence-electron chi connectivity index (χ1n) is 12.0. The normalized spacial score (nSPS) is 39.7. The molecule has 31 heavy (non-hydrogen) atoms. The fourth-order valence-corrected chi connectivity index (χ4v) is 6.78. The highest BCUT2D eigenvalue weighted by atomic mass is 16.3. The van der Waals surface area contributed by atoms with Crippen LogP contribution < -0.4 is 0 Å². The number of rotatable bonds is 2. The monoisotopic (exact) mass is 417 g/mol. The highest BCUT2D eigenvalue weighted by molar-refractivity contribution is 5.57. The van der Waals surface area contributed by atoms with E-state index in [1.165, 1.54) is 11.1 Å². The Hall–Kier alpha value is -1.97. The lowest BCUT2D eigenvalue weighted by atomic mass is 9.55. The van der Waals surface area contributed by atoms with Crippen LogP contribution in [0.2, 0.25) is 0 Å². The summed E-state index contributed by atoms with van der Waals surface area (Å²) >= 11 is 0. The maximum Gasteiger partial charge on any atom is 0.0933 e. The Kier molecular flexibility index (Phi) is 5.10. The number of pyridine rings is 1. The van der Waals surface area contributed by atoms with Crippen molar-refractivity contribution in [2.24, 2.45) is 23.2 Å². The van der Waals surface area contributed by atoms with Crippen LogP contribution in [0.3, 0.4) is 0 Å². The van der Waals surface area contributed by atoms with Gasteiger partial charge >= 0.3 is 0 Å². The number of nitrogens with zero attached hydrogens (tertiary/aromatic N) is 1. The molecule has 4 aliphatic carbocycles. The fourth-order valence-electron chi connectivity index (χ4n) is 6.78. The summed E-state index contributed by atoms with van der Waals surface area (Å²) in [5.74, 6) is 1.04. The van der Waals surface area contributed by atoms with E-state index in [4.69, 9.17) is 0 Å². The first-order valence-corrected chi connectivity index (χ1v) is 12.0. The largest absolute Gasteiger partial charge is 0.393 e. The van der Waals surface area contributed by atoms with E-state index < -0.39 is 5.60 Å². The van der Waals surface area contributed by atoms with Crippen molar-refractivity contribution in [3.63, 3.8) is 0 Å². The summed E-state index contributed by atoms with van der Waals surface area (Å²) in [6, 6.07) is 4.09. The molecule has 0 spiro atoms. The first-order chi connectivity index (χ1) is 14.8. The van der Waals surface area contributed by atoms with E-state index in [9.17, 15) is 10.2 Å². The number of fused-ring (bicyclic) bond motifs is 4. The molecule has 0 aromatic carbocycles. The highest BCUT2D eigenvalue weighted by Crippen LogP contribution is 2.61. The van der Waals surface area contributed by atoms with Gasteiger partial charge in [-0.25, -0.2) is 0 Å². The molecule has 1 saturated carbocycles. The van der Waals surface area contributed by atoms with Crippen molar-refractivity contribution < 1.29 is 10.2 Å². The Morgan fingerprint density at radius 3 is 2.84 bits per heavy atom. The third-order valence-corrected chi connectivity index (χ3v) is 8.92. The molecule has 3 nitrogen and oxygen atoms in total. The third kappa shape index (κ3) is 3.29. The molecular weight excluding hydrogens is 382 g/mol. The minimum Gasteiger partial charge on any atom is -0.393 e. The topological polar surface area (TPSA) is 53.4 Å². The van der Waals surface area contributed by atoms with Crippen molar-refractivity contribution in [3.05, 3.63) is 70.6 Å². The zero-order chi connectivity index (χ0) is 21.8. The van der Waals surface area contributed by atoms with E-state index in [1.807, 2.05) is 19.2 Å². The van der Waals surface area contributed by atoms with Crippen LogP contribution in [0, 0.1) is 30.1 Å². The van der Waals surface area contributed by atoms with Gasteiger partial charge in [0.05, 0.1) is 11.7 Å². The van der Waals surface area contributed by atoms with Crippen LogP contribution in [-0.4, -0.2) is 26.9 Å². The Labute approximate surface area is 186 Å². The molecule has 0 saturated heterocycles. The van der Waals surface area contributed by atoms with Gasteiger partial charge < -0.3 is 10.2 Å². The molecule has 1 aromatic heterocycles. The van der Waals surface area contributed by atoms with Gasteiger partial charge in [-0.05, 0) is 80.1 Å². The molecule has 5 rings (SSSR count). The highest BCUT2D eigenvalue weighted by Gasteiger charge is 2.57.